The summed E-state index contributed by atoms with van der Waals surface area (Å²) >= 11 is 0. The Hall–Kier alpha value is -1.98. The Morgan fingerprint density at radius 1 is 1.14 bits per heavy atom. The molecule has 1 amide bonds. The monoisotopic (exact) mass is 313 g/mol. The van der Waals surface area contributed by atoms with Crippen molar-refractivity contribution < 1.29 is 23.1 Å². The number of amides is 1. The van der Waals surface area contributed by atoms with E-state index in [9.17, 15) is 18.4 Å². The van der Waals surface area contributed by atoms with Crippen LogP contribution in [0.1, 0.15) is 33.3 Å². The number of aldehydes is 1. The molecule has 0 saturated heterocycles. The number of carbonyl (C=O) groups excluding carboxylic acids is 2. The number of ether oxygens (including phenoxy) is 1. The van der Waals surface area contributed by atoms with Crippen molar-refractivity contribution in [2.75, 3.05) is 7.05 Å². The summed E-state index contributed by atoms with van der Waals surface area (Å²) in [6, 6.07) is 6.91. The van der Waals surface area contributed by atoms with Gasteiger partial charge in [0.1, 0.15) is 5.60 Å². The van der Waals surface area contributed by atoms with E-state index in [0.717, 1.165) is 14.0 Å². The fourth-order valence-electron chi connectivity index (χ4n) is 1.82. The molecule has 0 aromatic heterocycles. The van der Waals surface area contributed by atoms with Crippen molar-refractivity contribution in [3.05, 3.63) is 35.9 Å². The number of halogens is 2. The van der Waals surface area contributed by atoms with Gasteiger partial charge in [-0.2, -0.15) is 8.78 Å². The van der Waals surface area contributed by atoms with E-state index in [-0.39, 0.29) is 11.8 Å². The van der Waals surface area contributed by atoms with E-state index in [1.54, 1.807) is 26.8 Å². The highest BCUT2D eigenvalue weighted by molar-refractivity contribution is 5.77. The van der Waals surface area contributed by atoms with Crippen LogP contribution in [-0.4, -0.2) is 35.5 Å². The maximum atomic E-state index is 14.8. The van der Waals surface area contributed by atoms with Gasteiger partial charge in [-0.15, -0.1) is 0 Å². The van der Waals surface area contributed by atoms with Gasteiger partial charge in [0, 0.05) is 12.6 Å². The number of hydrogen-bond acceptors (Lipinski definition) is 3. The Morgan fingerprint density at radius 3 is 2.05 bits per heavy atom. The topological polar surface area (TPSA) is 46.6 Å². The van der Waals surface area contributed by atoms with Crippen LogP contribution >= 0.6 is 0 Å². The van der Waals surface area contributed by atoms with Gasteiger partial charge in [-0.05, 0) is 27.7 Å². The van der Waals surface area contributed by atoms with E-state index >= 15 is 0 Å². The van der Waals surface area contributed by atoms with E-state index in [1.165, 1.54) is 24.3 Å². The van der Waals surface area contributed by atoms with Gasteiger partial charge in [-0.1, -0.05) is 30.3 Å². The fraction of sp³-hybridized carbons (Fsp3) is 0.500. The molecule has 1 aromatic rings. The van der Waals surface area contributed by atoms with Gasteiger partial charge in [0.15, 0.2) is 11.8 Å². The van der Waals surface area contributed by atoms with E-state index in [0.29, 0.717) is 4.90 Å². The zero-order valence-corrected chi connectivity index (χ0v) is 13.4. The summed E-state index contributed by atoms with van der Waals surface area (Å²) in [5.41, 5.74) is -3.56. The van der Waals surface area contributed by atoms with Crippen LogP contribution in [0.25, 0.3) is 0 Å². The van der Waals surface area contributed by atoms with Crippen molar-refractivity contribution in [3.8, 4) is 0 Å². The lowest BCUT2D eigenvalue weighted by Gasteiger charge is -2.40. The van der Waals surface area contributed by atoms with Crippen molar-refractivity contribution in [1.82, 2.24) is 4.90 Å². The Morgan fingerprint density at radius 2 is 1.64 bits per heavy atom. The van der Waals surface area contributed by atoms with E-state index in [1.807, 2.05) is 0 Å². The average molecular weight is 313 g/mol. The molecule has 0 radical (unpaired) electrons. The standard InChI is InChI=1S/C16H21F2NO3/c1-14(2,3)22-13(21)19(5)15(4,11-20)16(17,18)12-9-7-6-8-10-12/h6-11H,1-5H3. The number of alkyl halides is 2. The third kappa shape index (κ3) is 3.43. The minimum absolute atomic E-state index is 0.0733. The lowest BCUT2D eigenvalue weighted by atomic mass is 9.88. The van der Waals surface area contributed by atoms with Crippen LogP contribution in [0, 0.1) is 0 Å². The first-order valence-electron chi connectivity index (χ1n) is 6.82. The second kappa shape index (κ2) is 6.02. The molecule has 0 bridgehead atoms. The molecule has 4 nitrogen and oxygen atoms in total. The van der Waals surface area contributed by atoms with Crippen LogP contribution in [0.4, 0.5) is 13.6 Å². The van der Waals surface area contributed by atoms with Gasteiger partial charge in [-0.25, -0.2) is 4.79 Å². The van der Waals surface area contributed by atoms with Crippen LogP contribution in [0.3, 0.4) is 0 Å². The first kappa shape index (κ1) is 18.1. The number of rotatable bonds is 4. The molecule has 0 N–H and O–H groups in total. The van der Waals surface area contributed by atoms with E-state index in [2.05, 4.69) is 0 Å². The van der Waals surface area contributed by atoms with Crippen LogP contribution in [-0.2, 0) is 15.5 Å². The van der Waals surface area contributed by atoms with Crippen LogP contribution < -0.4 is 0 Å². The van der Waals surface area contributed by atoms with Gasteiger partial charge in [-0.3, -0.25) is 4.90 Å². The molecule has 0 fully saturated rings. The lowest BCUT2D eigenvalue weighted by molar-refractivity contribution is -0.152. The lowest BCUT2D eigenvalue weighted by Crippen LogP contribution is -2.59. The number of benzene rings is 1. The Kier molecular flexibility index (Phi) is 4.95. The van der Waals surface area contributed by atoms with E-state index in [4.69, 9.17) is 4.74 Å². The summed E-state index contributed by atoms with van der Waals surface area (Å²) in [4.78, 5) is 24.1. The highest BCUT2D eigenvalue weighted by Crippen LogP contribution is 2.41. The van der Waals surface area contributed by atoms with Crippen LogP contribution in [0.5, 0.6) is 0 Å². The Balaban J connectivity index is 3.20. The zero-order valence-electron chi connectivity index (χ0n) is 13.4. The molecule has 122 valence electrons. The summed E-state index contributed by atoms with van der Waals surface area (Å²) in [5.74, 6) is -3.57. The third-order valence-corrected chi connectivity index (χ3v) is 3.37. The summed E-state index contributed by atoms with van der Waals surface area (Å²) in [6.45, 7) is 5.86. The molecule has 1 unspecified atom stereocenters. The maximum Gasteiger partial charge on any atom is 0.411 e. The van der Waals surface area contributed by atoms with E-state index < -0.39 is 23.2 Å². The predicted molar refractivity (Wildman–Crippen MR) is 78.8 cm³/mol. The summed E-state index contributed by atoms with van der Waals surface area (Å²) in [6.07, 6.45) is -0.915. The molecule has 0 spiro atoms. The van der Waals surface area contributed by atoms with Crippen LogP contribution in [0.2, 0.25) is 0 Å². The molecule has 1 atom stereocenters. The maximum absolute atomic E-state index is 14.8. The number of hydrogen-bond donors (Lipinski definition) is 0. The van der Waals surface area contributed by atoms with Gasteiger partial charge in [0.2, 0.25) is 0 Å². The summed E-state index contributed by atoms with van der Waals surface area (Å²) < 4.78 is 34.6. The summed E-state index contributed by atoms with van der Waals surface area (Å²) in [5, 5.41) is 0. The van der Waals surface area contributed by atoms with Gasteiger partial charge in [0.25, 0.3) is 0 Å². The van der Waals surface area contributed by atoms with Crippen molar-refractivity contribution >= 4 is 12.4 Å². The smallest absolute Gasteiger partial charge is 0.411 e. The normalized spacial score (nSPS) is 14.9. The Bertz CT molecular complexity index is 540. The molecule has 6 heteroatoms. The highest BCUT2D eigenvalue weighted by atomic mass is 19.3. The molecule has 0 aliphatic carbocycles. The molecule has 1 rings (SSSR count). The number of carbonyl (C=O) groups is 2. The second-order valence-electron chi connectivity index (χ2n) is 6.25. The quantitative estimate of drug-likeness (QED) is 0.798. The fourth-order valence-corrected chi connectivity index (χ4v) is 1.82. The molecule has 0 aliphatic rings. The van der Waals surface area contributed by atoms with Crippen molar-refractivity contribution in [2.24, 2.45) is 0 Å². The zero-order chi connectivity index (χ0) is 17.2. The molecule has 22 heavy (non-hydrogen) atoms. The highest BCUT2D eigenvalue weighted by Gasteiger charge is 2.56. The largest absolute Gasteiger partial charge is 0.444 e. The Labute approximate surface area is 129 Å². The molecular weight excluding hydrogens is 292 g/mol. The average Bonchev–Trinajstić information content (AvgIpc) is 2.44. The molecule has 1 aromatic carbocycles. The van der Waals surface area contributed by atoms with Crippen LogP contribution in [0.15, 0.2) is 30.3 Å². The SMILES string of the molecule is CN(C(=O)OC(C)(C)C)C(C)(C=O)C(F)(F)c1ccccc1. The predicted octanol–water partition coefficient (Wildman–Crippen LogP) is 3.60. The molecular formula is C16H21F2NO3. The third-order valence-electron chi connectivity index (χ3n) is 3.37. The van der Waals surface area contributed by atoms with Crippen molar-refractivity contribution in [2.45, 2.75) is 44.8 Å². The first-order valence-corrected chi connectivity index (χ1v) is 6.82. The number of likely N-dealkylation sites (N-methyl/N-ethyl adjacent to an activating group) is 1. The van der Waals surface area contributed by atoms with Gasteiger partial charge < -0.3 is 9.53 Å². The molecule has 0 heterocycles. The summed E-state index contributed by atoms with van der Waals surface area (Å²) in [7, 11) is 1.12. The number of nitrogens with zero attached hydrogens (tertiary/aromatic N) is 1. The minimum Gasteiger partial charge on any atom is -0.444 e. The second-order valence-corrected chi connectivity index (χ2v) is 6.25. The van der Waals surface area contributed by atoms with Gasteiger partial charge >= 0.3 is 12.0 Å². The molecule has 0 saturated carbocycles. The first-order chi connectivity index (χ1) is 9.95. The van der Waals surface area contributed by atoms with Gasteiger partial charge in [0.05, 0.1) is 0 Å². The molecule has 0 aliphatic heterocycles. The van der Waals surface area contributed by atoms with Crippen molar-refractivity contribution in [3.63, 3.8) is 0 Å². The van der Waals surface area contributed by atoms with Crippen molar-refractivity contribution in [1.29, 1.82) is 0 Å². The minimum atomic E-state index is -3.57.